The quantitative estimate of drug-likeness (QED) is 0.428. The molecule has 0 radical (unpaired) electrons. The van der Waals surface area contributed by atoms with Gasteiger partial charge in [-0.3, -0.25) is 9.59 Å². The van der Waals surface area contributed by atoms with Gasteiger partial charge < -0.3 is 5.32 Å². The molecule has 6 nitrogen and oxygen atoms in total. The van der Waals surface area contributed by atoms with E-state index in [1.807, 2.05) is 37.3 Å². The lowest BCUT2D eigenvalue weighted by atomic mass is 9.92. The van der Waals surface area contributed by atoms with Gasteiger partial charge in [0.2, 0.25) is 0 Å². The van der Waals surface area contributed by atoms with Crippen LogP contribution < -0.4 is 10.7 Å². The van der Waals surface area contributed by atoms with E-state index >= 15 is 0 Å². The summed E-state index contributed by atoms with van der Waals surface area (Å²) in [6.07, 6.45) is 8.04. The van der Waals surface area contributed by atoms with E-state index in [1.54, 1.807) is 0 Å². The van der Waals surface area contributed by atoms with E-state index in [0.717, 1.165) is 37.0 Å². The summed E-state index contributed by atoms with van der Waals surface area (Å²) < 4.78 is 0. The smallest absolute Gasteiger partial charge is 0.329 e. The Morgan fingerprint density at radius 1 is 1.29 bits per heavy atom. The molecule has 0 spiro atoms. The monoisotopic (exact) mass is 382 g/mol. The minimum Gasteiger partial charge on any atom is -0.341 e. The average Bonchev–Trinajstić information content (AvgIpc) is 3.09. The summed E-state index contributed by atoms with van der Waals surface area (Å²) in [7, 11) is 0. The first-order valence-corrected chi connectivity index (χ1v) is 9.81. The number of rotatable bonds is 7. The Labute approximate surface area is 166 Å². The average molecular weight is 382 g/mol. The van der Waals surface area contributed by atoms with Crippen LogP contribution >= 0.6 is 0 Å². The number of benzene rings is 1. The lowest BCUT2D eigenvalue weighted by molar-refractivity contribution is -0.139. The van der Waals surface area contributed by atoms with Crippen molar-refractivity contribution in [3.05, 3.63) is 48.0 Å². The van der Waals surface area contributed by atoms with Crippen molar-refractivity contribution in [3.63, 3.8) is 0 Å². The molecule has 0 aromatic heterocycles. The number of carbonyl (C=O) groups is 2. The molecular formula is C22H28N4O2. The van der Waals surface area contributed by atoms with Crippen molar-refractivity contribution in [3.8, 4) is 6.07 Å². The SMILES string of the molecule is CC/C=C\C[C@@H]1/C(=N\NC(=O)C(=O)N[C@@H](C)c2ccccc2)CC[C@H]1C[14C]#N. The fourth-order valence-corrected chi connectivity index (χ4v) is 3.49. The van der Waals surface area contributed by atoms with Gasteiger partial charge in [0, 0.05) is 18.1 Å². The zero-order valence-electron chi connectivity index (χ0n) is 16.5. The van der Waals surface area contributed by atoms with Crippen LogP contribution in [0.5, 0.6) is 0 Å². The first-order chi connectivity index (χ1) is 13.6. The van der Waals surface area contributed by atoms with E-state index < -0.39 is 11.8 Å². The minimum absolute atomic E-state index is 0.133. The van der Waals surface area contributed by atoms with Crippen molar-refractivity contribution in [2.45, 2.75) is 52.0 Å². The Morgan fingerprint density at radius 3 is 2.71 bits per heavy atom. The van der Waals surface area contributed by atoms with E-state index in [0.29, 0.717) is 6.42 Å². The summed E-state index contributed by atoms with van der Waals surface area (Å²) in [6, 6.07) is 11.4. The molecule has 1 aromatic carbocycles. The highest BCUT2D eigenvalue weighted by Gasteiger charge is 2.32. The molecule has 2 N–H and O–H groups in total. The Morgan fingerprint density at radius 2 is 2.04 bits per heavy atom. The van der Waals surface area contributed by atoms with Gasteiger partial charge in [-0.2, -0.15) is 10.4 Å². The molecule has 0 aliphatic heterocycles. The van der Waals surface area contributed by atoms with Gasteiger partial charge in [0.1, 0.15) is 0 Å². The summed E-state index contributed by atoms with van der Waals surface area (Å²) in [6.45, 7) is 3.90. The summed E-state index contributed by atoms with van der Waals surface area (Å²) in [5.41, 5.74) is 4.18. The number of hydrogen-bond acceptors (Lipinski definition) is 4. The van der Waals surface area contributed by atoms with Crippen LogP contribution in [0.4, 0.5) is 0 Å². The third kappa shape index (κ3) is 6.05. The van der Waals surface area contributed by atoms with Gasteiger partial charge in [0.15, 0.2) is 0 Å². The maximum Gasteiger partial charge on any atom is 0.329 e. The summed E-state index contributed by atoms with van der Waals surface area (Å²) >= 11 is 0. The second kappa shape index (κ2) is 11.0. The van der Waals surface area contributed by atoms with Gasteiger partial charge in [-0.05, 0) is 44.1 Å². The molecule has 1 aliphatic carbocycles. The second-order valence-electron chi connectivity index (χ2n) is 7.03. The van der Waals surface area contributed by atoms with Crippen LogP contribution in [0.1, 0.15) is 57.6 Å². The number of hydrazone groups is 1. The maximum atomic E-state index is 12.1. The van der Waals surface area contributed by atoms with Crippen LogP contribution in [0.15, 0.2) is 47.6 Å². The highest BCUT2D eigenvalue weighted by molar-refractivity contribution is 6.35. The van der Waals surface area contributed by atoms with Crippen molar-refractivity contribution >= 4 is 17.5 Å². The number of hydrogen-bond donors (Lipinski definition) is 2. The normalized spacial score (nSPS) is 21.4. The van der Waals surface area contributed by atoms with Crippen LogP contribution in [-0.2, 0) is 9.59 Å². The molecule has 1 aromatic rings. The van der Waals surface area contributed by atoms with Gasteiger partial charge in [0.05, 0.1) is 12.1 Å². The molecule has 148 valence electrons. The van der Waals surface area contributed by atoms with Gasteiger partial charge in [0.25, 0.3) is 0 Å². The molecule has 1 aliphatic rings. The van der Waals surface area contributed by atoms with Crippen LogP contribution in [0.25, 0.3) is 0 Å². The van der Waals surface area contributed by atoms with Gasteiger partial charge in [-0.1, -0.05) is 49.4 Å². The zero-order valence-corrected chi connectivity index (χ0v) is 16.5. The van der Waals surface area contributed by atoms with Crippen LogP contribution in [0.3, 0.4) is 0 Å². The summed E-state index contributed by atoms with van der Waals surface area (Å²) in [5.74, 6) is -1.11. The molecule has 0 bridgehead atoms. The van der Waals surface area contributed by atoms with Crippen LogP contribution in [0, 0.1) is 23.2 Å². The summed E-state index contributed by atoms with van der Waals surface area (Å²) in [5, 5.41) is 15.9. The van der Waals surface area contributed by atoms with E-state index in [-0.39, 0.29) is 17.9 Å². The standard InChI is InChI=1S/C22H28N4O2/c1-3-4-6-11-19-18(14-15-23)12-13-20(19)25-26-22(28)21(27)24-16(2)17-9-7-5-8-10-17/h4-10,16,18-19H,3,11-14H2,1-2H3,(H,24,27)(H,26,28)/b6-4-,25-20-/t16-,18-,19-/m0/s1/i15+2. The topological polar surface area (TPSA) is 94.3 Å². The third-order valence-corrected chi connectivity index (χ3v) is 5.07. The van der Waals surface area contributed by atoms with Crippen molar-refractivity contribution in [1.82, 2.24) is 10.7 Å². The number of amides is 2. The Balaban J connectivity index is 1.96. The molecule has 1 saturated carbocycles. The van der Waals surface area contributed by atoms with Crippen LogP contribution in [-0.4, -0.2) is 17.5 Å². The molecule has 2 amide bonds. The molecule has 28 heavy (non-hydrogen) atoms. The van der Waals surface area contributed by atoms with Crippen molar-refractivity contribution in [2.24, 2.45) is 16.9 Å². The Hall–Kier alpha value is -2.94. The fraction of sp³-hybridized carbons (Fsp3) is 0.455. The third-order valence-electron chi connectivity index (χ3n) is 5.07. The lowest BCUT2D eigenvalue weighted by Crippen LogP contribution is -2.39. The fourth-order valence-electron chi connectivity index (χ4n) is 3.49. The predicted octanol–water partition coefficient (Wildman–Crippen LogP) is 3.63. The van der Waals surface area contributed by atoms with Gasteiger partial charge in [-0.15, -0.1) is 0 Å². The van der Waals surface area contributed by atoms with E-state index in [9.17, 15) is 9.59 Å². The first-order valence-electron chi connectivity index (χ1n) is 9.81. The van der Waals surface area contributed by atoms with Gasteiger partial charge >= 0.3 is 11.8 Å². The number of allylic oxidation sites excluding steroid dienone is 2. The largest absolute Gasteiger partial charge is 0.341 e. The number of nitriles is 1. The molecule has 6 heteroatoms. The number of nitrogens with zero attached hydrogens (tertiary/aromatic N) is 2. The first kappa shape index (κ1) is 21.4. The molecule has 2 rings (SSSR count). The highest BCUT2D eigenvalue weighted by Crippen LogP contribution is 2.34. The number of carbonyl (C=O) groups excluding carboxylic acids is 2. The molecule has 0 saturated heterocycles. The highest BCUT2D eigenvalue weighted by atomic mass is 16.2. The lowest BCUT2D eigenvalue weighted by Gasteiger charge is -2.16. The zero-order chi connectivity index (χ0) is 20.4. The van der Waals surface area contributed by atoms with E-state index in [1.165, 1.54) is 0 Å². The Kier molecular flexibility index (Phi) is 8.41. The maximum absolute atomic E-state index is 12.1. The Bertz CT molecular complexity index is 764. The van der Waals surface area contributed by atoms with Crippen LogP contribution in [0.2, 0.25) is 0 Å². The van der Waals surface area contributed by atoms with Gasteiger partial charge in [-0.25, -0.2) is 5.43 Å². The minimum atomic E-state index is -0.776. The predicted molar refractivity (Wildman–Crippen MR) is 109 cm³/mol. The van der Waals surface area contributed by atoms with E-state index in [2.05, 4.69) is 41.0 Å². The van der Waals surface area contributed by atoms with Crippen molar-refractivity contribution < 1.29 is 9.59 Å². The van der Waals surface area contributed by atoms with Crippen molar-refractivity contribution in [2.75, 3.05) is 0 Å². The summed E-state index contributed by atoms with van der Waals surface area (Å²) in [4.78, 5) is 24.3. The molecular weight excluding hydrogens is 354 g/mol. The molecule has 3 atom stereocenters. The molecule has 0 unspecified atom stereocenters. The van der Waals surface area contributed by atoms with Crippen molar-refractivity contribution in [1.29, 1.82) is 5.26 Å². The second-order valence-corrected chi connectivity index (χ2v) is 7.03. The number of nitrogens with one attached hydrogen (secondary N) is 2. The molecule has 0 heterocycles. The molecule has 1 fully saturated rings. The van der Waals surface area contributed by atoms with E-state index in [4.69, 9.17) is 5.26 Å².